The Bertz CT molecular complexity index is 701. The van der Waals surface area contributed by atoms with Crippen LogP contribution in [0.3, 0.4) is 0 Å². The van der Waals surface area contributed by atoms with Gasteiger partial charge in [0.05, 0.1) is 25.9 Å². The molecule has 0 bridgehead atoms. The summed E-state index contributed by atoms with van der Waals surface area (Å²) >= 11 is 0. The third kappa shape index (κ3) is 8.40. The molecule has 2 atom stereocenters. The van der Waals surface area contributed by atoms with Crippen molar-refractivity contribution in [2.75, 3.05) is 13.2 Å². The first-order valence-corrected chi connectivity index (χ1v) is 8.34. The predicted molar refractivity (Wildman–Crippen MR) is 91.9 cm³/mol. The minimum atomic E-state index is -2.95. The van der Waals surface area contributed by atoms with E-state index in [-0.39, 0.29) is 0 Å². The van der Waals surface area contributed by atoms with Gasteiger partial charge in [0.2, 0.25) is 11.5 Å². The van der Waals surface area contributed by atoms with Gasteiger partial charge in [-0.05, 0) is 0 Å². The lowest BCUT2D eigenvalue weighted by molar-refractivity contribution is -0.186. The molecule has 6 N–H and O–H groups in total. The van der Waals surface area contributed by atoms with Gasteiger partial charge >= 0.3 is 30.0 Å². The summed E-state index contributed by atoms with van der Waals surface area (Å²) in [6, 6.07) is 0. The molecule has 1 amide bonds. The lowest BCUT2D eigenvalue weighted by Crippen LogP contribution is -2.48. The number of nitrogens with one attached hydrogen (secondary N) is 1. The Labute approximate surface area is 169 Å². The van der Waals surface area contributed by atoms with Crippen molar-refractivity contribution in [1.82, 2.24) is 5.32 Å². The number of hydrogen-bond donors (Lipinski definition) is 6. The quantitative estimate of drug-likeness (QED) is 0.148. The first kappa shape index (κ1) is 26.7. The van der Waals surface area contributed by atoms with Gasteiger partial charge < -0.3 is 40.3 Å². The van der Waals surface area contributed by atoms with E-state index in [1.54, 1.807) is 0 Å². The second-order valence-corrected chi connectivity index (χ2v) is 6.85. The van der Waals surface area contributed by atoms with Gasteiger partial charge in [0.1, 0.15) is 6.10 Å². The van der Waals surface area contributed by atoms with Gasteiger partial charge in [-0.15, -0.1) is 0 Å². The Hall–Kier alpha value is -3.26. The summed E-state index contributed by atoms with van der Waals surface area (Å²) in [5, 5.41) is 47.6. The fourth-order valence-corrected chi connectivity index (χ4v) is 2.04. The minimum Gasteiger partial charge on any atom is -0.481 e. The topological polar surface area (TPSA) is 234 Å². The van der Waals surface area contributed by atoms with E-state index >= 15 is 0 Å². The van der Waals surface area contributed by atoms with Crippen LogP contribution in [0.5, 0.6) is 0 Å². The van der Waals surface area contributed by atoms with Gasteiger partial charge in [-0.25, -0.2) is 9.59 Å². The van der Waals surface area contributed by atoms with Crippen molar-refractivity contribution in [2.24, 2.45) is 5.41 Å². The number of hydrogen-bond acceptors (Lipinski definition) is 10. The largest absolute Gasteiger partial charge is 0.513 e. The second kappa shape index (κ2) is 11.1. The smallest absolute Gasteiger partial charge is 0.481 e. The van der Waals surface area contributed by atoms with Crippen LogP contribution in [-0.4, -0.2) is 86.3 Å². The first-order chi connectivity index (χ1) is 13.7. The molecule has 0 aliphatic rings. The van der Waals surface area contributed by atoms with Crippen LogP contribution in [0.4, 0.5) is 4.79 Å². The molecule has 1 unspecified atom stereocenters. The maximum Gasteiger partial charge on any atom is 0.513 e. The fourth-order valence-electron chi connectivity index (χ4n) is 2.04. The van der Waals surface area contributed by atoms with E-state index in [0.717, 1.165) is 0 Å². The maximum atomic E-state index is 12.0. The SMILES string of the molecule is CC(C)(CO)[C@@H](O)C(=O)NCCC(=O)OC(CC(=O)O)(CC(=O)OC(=O)O)C(=O)O. The monoisotopic (exact) mass is 437 g/mol. The number of aliphatic hydroxyl groups is 2. The van der Waals surface area contributed by atoms with Crippen molar-refractivity contribution in [2.45, 2.75) is 44.8 Å². The Kier molecular flexibility index (Phi) is 9.86. The molecule has 0 fully saturated rings. The fraction of sp³-hybridized carbons (Fsp3) is 0.625. The molecule has 0 heterocycles. The van der Waals surface area contributed by atoms with Gasteiger partial charge in [-0.1, -0.05) is 13.8 Å². The number of amides is 1. The van der Waals surface area contributed by atoms with Crippen LogP contribution in [0, 0.1) is 5.41 Å². The highest BCUT2D eigenvalue weighted by Crippen LogP contribution is 2.24. The van der Waals surface area contributed by atoms with Gasteiger partial charge in [0.15, 0.2) is 0 Å². The number of carboxylic acids is 2. The molecular formula is C16H23NO13. The van der Waals surface area contributed by atoms with E-state index < -0.39 is 85.5 Å². The Morgan fingerprint density at radius 2 is 1.53 bits per heavy atom. The van der Waals surface area contributed by atoms with Crippen LogP contribution >= 0.6 is 0 Å². The molecule has 0 rings (SSSR count). The van der Waals surface area contributed by atoms with E-state index in [1.165, 1.54) is 13.8 Å². The number of rotatable bonds is 12. The maximum absolute atomic E-state index is 12.0. The van der Waals surface area contributed by atoms with Crippen molar-refractivity contribution in [3.63, 3.8) is 0 Å². The number of aliphatic hydroxyl groups excluding tert-OH is 2. The van der Waals surface area contributed by atoms with Gasteiger partial charge in [0, 0.05) is 12.0 Å². The summed E-state index contributed by atoms with van der Waals surface area (Å²) in [5.41, 5.74) is -4.13. The average Bonchev–Trinajstić information content (AvgIpc) is 2.59. The van der Waals surface area contributed by atoms with Crippen LogP contribution in [-0.2, 0) is 33.4 Å². The summed E-state index contributed by atoms with van der Waals surface area (Å²) in [6.45, 7) is 1.81. The van der Waals surface area contributed by atoms with Crippen LogP contribution in [0.15, 0.2) is 0 Å². The van der Waals surface area contributed by atoms with Crippen molar-refractivity contribution in [3.05, 3.63) is 0 Å². The van der Waals surface area contributed by atoms with E-state index in [9.17, 15) is 39.0 Å². The van der Waals surface area contributed by atoms with Crippen molar-refractivity contribution < 1.29 is 63.8 Å². The zero-order chi connectivity index (χ0) is 23.7. The molecule has 0 aromatic rings. The van der Waals surface area contributed by atoms with Gasteiger partial charge in [0.25, 0.3) is 0 Å². The molecule has 0 radical (unpaired) electrons. The lowest BCUT2D eigenvalue weighted by atomic mass is 9.87. The molecule has 0 saturated heterocycles. The van der Waals surface area contributed by atoms with Gasteiger partial charge in [-0.3, -0.25) is 19.2 Å². The number of carboxylic acid groups (broad SMARTS) is 3. The Morgan fingerprint density at radius 3 is 1.97 bits per heavy atom. The zero-order valence-corrected chi connectivity index (χ0v) is 16.1. The van der Waals surface area contributed by atoms with E-state index in [0.29, 0.717) is 0 Å². The van der Waals surface area contributed by atoms with Crippen LogP contribution in [0.25, 0.3) is 0 Å². The summed E-state index contributed by atoms with van der Waals surface area (Å²) in [5.74, 6) is -7.75. The minimum absolute atomic E-state index is 0.460. The summed E-state index contributed by atoms with van der Waals surface area (Å²) < 4.78 is 8.35. The molecule has 0 spiro atoms. The van der Waals surface area contributed by atoms with Crippen LogP contribution in [0.2, 0.25) is 0 Å². The molecule has 0 aromatic carbocycles. The molecule has 14 heteroatoms. The number of ether oxygens (including phenoxy) is 2. The van der Waals surface area contributed by atoms with E-state index in [1.807, 2.05) is 0 Å². The Morgan fingerprint density at radius 1 is 0.967 bits per heavy atom. The summed E-state index contributed by atoms with van der Waals surface area (Å²) in [7, 11) is 0. The molecule has 0 aliphatic heterocycles. The number of aliphatic carboxylic acids is 2. The molecule has 170 valence electrons. The molecule has 0 saturated carbocycles. The van der Waals surface area contributed by atoms with E-state index in [4.69, 9.17) is 15.3 Å². The summed E-state index contributed by atoms with van der Waals surface area (Å²) in [6.07, 6.45) is -7.16. The van der Waals surface area contributed by atoms with Crippen LogP contribution < -0.4 is 5.32 Å². The average molecular weight is 437 g/mol. The third-order valence-electron chi connectivity index (χ3n) is 3.79. The number of esters is 2. The number of carbonyl (C=O) groups is 6. The van der Waals surface area contributed by atoms with E-state index in [2.05, 4.69) is 14.8 Å². The highest BCUT2D eigenvalue weighted by Gasteiger charge is 2.48. The molecular weight excluding hydrogens is 414 g/mol. The van der Waals surface area contributed by atoms with Crippen molar-refractivity contribution in [1.29, 1.82) is 0 Å². The summed E-state index contributed by atoms with van der Waals surface area (Å²) in [4.78, 5) is 68.1. The highest BCUT2D eigenvalue weighted by atomic mass is 16.7. The highest BCUT2D eigenvalue weighted by molar-refractivity contribution is 5.93. The standard InChI is InChI=1S/C16H23NO13/c1-15(2,7-18)11(23)12(24)17-4-3-9(21)30-16(13(25)26,5-8(19)20)6-10(22)29-14(27)28/h11,18,23H,3-7H2,1-2H3,(H,17,24)(H,19,20)(H,25,26)(H,27,28)/t11-,16?/m0/s1. The molecule has 14 nitrogen and oxygen atoms in total. The second-order valence-electron chi connectivity index (χ2n) is 6.85. The Balaban J connectivity index is 5.15. The predicted octanol–water partition coefficient (Wildman–Crippen LogP) is -1.68. The van der Waals surface area contributed by atoms with Crippen molar-refractivity contribution in [3.8, 4) is 0 Å². The van der Waals surface area contributed by atoms with Crippen molar-refractivity contribution >= 4 is 35.9 Å². The number of carbonyl (C=O) groups excluding carboxylic acids is 3. The van der Waals surface area contributed by atoms with Crippen LogP contribution in [0.1, 0.15) is 33.1 Å². The normalized spacial score (nSPS) is 14.0. The lowest BCUT2D eigenvalue weighted by Gasteiger charge is -2.27. The first-order valence-electron chi connectivity index (χ1n) is 8.34. The zero-order valence-electron chi connectivity index (χ0n) is 16.1. The molecule has 0 aliphatic carbocycles. The molecule has 30 heavy (non-hydrogen) atoms. The molecule has 0 aromatic heterocycles. The van der Waals surface area contributed by atoms with Gasteiger partial charge in [-0.2, -0.15) is 0 Å². The third-order valence-corrected chi connectivity index (χ3v) is 3.79.